The average Bonchev–Trinajstić information content (AvgIpc) is 2.33. The number of hydrogen-bond donors (Lipinski definition) is 1. The minimum Gasteiger partial charge on any atom is -0.399 e. The second-order valence-electron chi connectivity index (χ2n) is 3.90. The van der Waals surface area contributed by atoms with Gasteiger partial charge in [0.2, 0.25) is 0 Å². The summed E-state index contributed by atoms with van der Waals surface area (Å²) in [5.41, 5.74) is 9.61. The van der Waals surface area contributed by atoms with E-state index in [1.807, 2.05) is 25.1 Å². The third kappa shape index (κ3) is 2.42. The molecule has 2 aromatic carbocycles. The van der Waals surface area contributed by atoms with Gasteiger partial charge in [-0.2, -0.15) is 0 Å². The normalized spacial score (nSPS) is 10.5. The summed E-state index contributed by atoms with van der Waals surface area (Å²) in [4.78, 5) is 0. The molecule has 0 amide bonds. The van der Waals surface area contributed by atoms with Crippen LogP contribution in [0.25, 0.3) is 11.1 Å². The quantitative estimate of drug-likeness (QED) is 0.790. The fourth-order valence-corrected chi connectivity index (χ4v) is 1.95. The Balaban J connectivity index is 2.49. The summed E-state index contributed by atoms with van der Waals surface area (Å²) in [6.07, 6.45) is 0.870. The van der Waals surface area contributed by atoms with Gasteiger partial charge in [0.25, 0.3) is 0 Å². The van der Waals surface area contributed by atoms with Crippen LogP contribution >= 0.6 is 11.6 Å². The van der Waals surface area contributed by atoms with Crippen molar-refractivity contribution in [1.82, 2.24) is 0 Å². The number of aryl methyl sites for hydroxylation is 1. The van der Waals surface area contributed by atoms with Gasteiger partial charge in [0.15, 0.2) is 0 Å². The molecule has 1 nitrogen and oxygen atoms in total. The van der Waals surface area contributed by atoms with Crippen molar-refractivity contribution in [2.45, 2.75) is 13.3 Å². The first-order valence-corrected chi connectivity index (χ1v) is 5.83. The molecule has 0 heterocycles. The summed E-state index contributed by atoms with van der Waals surface area (Å²) in [6.45, 7) is 2.05. The Morgan fingerprint density at radius 3 is 2.41 bits per heavy atom. The van der Waals surface area contributed by atoms with Crippen LogP contribution in [0.3, 0.4) is 0 Å². The lowest BCUT2D eigenvalue weighted by Crippen LogP contribution is -1.93. The van der Waals surface area contributed by atoms with E-state index in [-0.39, 0.29) is 5.02 Å². The number of rotatable bonds is 2. The summed E-state index contributed by atoms with van der Waals surface area (Å²) < 4.78 is 13.1. The summed E-state index contributed by atoms with van der Waals surface area (Å²) in [6, 6.07) is 10.5. The third-order valence-corrected chi connectivity index (χ3v) is 3.07. The van der Waals surface area contributed by atoms with E-state index in [2.05, 4.69) is 0 Å². The van der Waals surface area contributed by atoms with Gasteiger partial charge < -0.3 is 5.73 Å². The molecule has 2 aromatic rings. The molecule has 2 N–H and O–H groups in total. The standard InChI is InChI=1S/C14H13ClFN/c1-2-9-7-10(4-6-14(9)17)11-3-5-13(16)12(15)8-11/h3-8H,2,17H2,1H3. The van der Waals surface area contributed by atoms with E-state index in [0.717, 1.165) is 28.8 Å². The van der Waals surface area contributed by atoms with Crippen molar-refractivity contribution in [3.8, 4) is 11.1 Å². The highest BCUT2D eigenvalue weighted by atomic mass is 35.5. The molecule has 0 saturated heterocycles. The summed E-state index contributed by atoms with van der Waals surface area (Å²) >= 11 is 5.77. The van der Waals surface area contributed by atoms with Gasteiger partial charge >= 0.3 is 0 Å². The average molecular weight is 250 g/mol. The number of nitrogen functional groups attached to an aromatic ring is 1. The first-order valence-electron chi connectivity index (χ1n) is 5.45. The maximum Gasteiger partial charge on any atom is 0.141 e. The smallest absolute Gasteiger partial charge is 0.141 e. The van der Waals surface area contributed by atoms with Crippen LogP contribution in [0.2, 0.25) is 5.02 Å². The highest BCUT2D eigenvalue weighted by molar-refractivity contribution is 6.31. The van der Waals surface area contributed by atoms with Crippen LogP contribution in [0.15, 0.2) is 36.4 Å². The molecule has 0 fully saturated rings. The molecule has 0 radical (unpaired) electrons. The summed E-state index contributed by atoms with van der Waals surface area (Å²) in [7, 11) is 0. The van der Waals surface area contributed by atoms with Crippen molar-refractivity contribution < 1.29 is 4.39 Å². The van der Waals surface area contributed by atoms with Crippen LogP contribution in [0.5, 0.6) is 0 Å². The lowest BCUT2D eigenvalue weighted by molar-refractivity contribution is 0.628. The Labute approximate surface area is 105 Å². The Morgan fingerprint density at radius 1 is 1.12 bits per heavy atom. The molecule has 0 atom stereocenters. The van der Waals surface area contributed by atoms with Crippen LogP contribution < -0.4 is 5.73 Å². The zero-order valence-corrected chi connectivity index (χ0v) is 10.3. The molecular formula is C14H13ClFN. The minimum atomic E-state index is -0.401. The van der Waals surface area contributed by atoms with Gasteiger partial charge in [-0.05, 0) is 47.4 Å². The molecule has 0 aliphatic heterocycles. The molecule has 0 aliphatic carbocycles. The van der Waals surface area contributed by atoms with Gasteiger partial charge in [-0.25, -0.2) is 4.39 Å². The van der Waals surface area contributed by atoms with E-state index >= 15 is 0 Å². The molecule has 17 heavy (non-hydrogen) atoms. The predicted molar refractivity (Wildman–Crippen MR) is 70.6 cm³/mol. The molecule has 88 valence electrons. The first kappa shape index (κ1) is 11.9. The number of nitrogens with two attached hydrogens (primary N) is 1. The van der Waals surface area contributed by atoms with Gasteiger partial charge in [-0.3, -0.25) is 0 Å². The second-order valence-corrected chi connectivity index (χ2v) is 4.30. The maximum atomic E-state index is 13.1. The molecule has 0 saturated carbocycles. The summed E-state index contributed by atoms with van der Waals surface area (Å²) in [5.74, 6) is -0.401. The number of halogens is 2. The van der Waals surface area contributed by atoms with E-state index in [1.54, 1.807) is 12.1 Å². The van der Waals surface area contributed by atoms with Crippen LogP contribution in [0, 0.1) is 5.82 Å². The van der Waals surface area contributed by atoms with E-state index in [9.17, 15) is 4.39 Å². The van der Waals surface area contributed by atoms with Crippen molar-refractivity contribution in [3.05, 3.63) is 52.8 Å². The van der Waals surface area contributed by atoms with Gasteiger partial charge in [0.1, 0.15) is 5.82 Å². The topological polar surface area (TPSA) is 26.0 Å². The SMILES string of the molecule is CCc1cc(-c2ccc(F)c(Cl)c2)ccc1N. The molecule has 0 bridgehead atoms. The van der Waals surface area contributed by atoms with Gasteiger partial charge in [-0.15, -0.1) is 0 Å². The van der Waals surface area contributed by atoms with E-state index in [1.165, 1.54) is 6.07 Å². The molecule has 0 unspecified atom stereocenters. The Morgan fingerprint density at radius 2 is 1.76 bits per heavy atom. The Bertz CT molecular complexity index is 552. The largest absolute Gasteiger partial charge is 0.399 e. The molecule has 2 rings (SSSR count). The molecule has 0 spiro atoms. The maximum absolute atomic E-state index is 13.1. The molecule has 0 aliphatic rings. The van der Waals surface area contributed by atoms with Crippen molar-refractivity contribution in [3.63, 3.8) is 0 Å². The van der Waals surface area contributed by atoms with Crippen LogP contribution in [-0.4, -0.2) is 0 Å². The fraction of sp³-hybridized carbons (Fsp3) is 0.143. The highest BCUT2D eigenvalue weighted by Gasteiger charge is 2.05. The Kier molecular flexibility index (Phi) is 3.34. The fourth-order valence-electron chi connectivity index (χ4n) is 1.77. The van der Waals surface area contributed by atoms with Gasteiger partial charge in [0.05, 0.1) is 5.02 Å². The van der Waals surface area contributed by atoms with E-state index in [0.29, 0.717) is 0 Å². The minimum absolute atomic E-state index is 0.136. The van der Waals surface area contributed by atoms with Crippen molar-refractivity contribution >= 4 is 17.3 Å². The van der Waals surface area contributed by atoms with Crippen LogP contribution in [-0.2, 0) is 6.42 Å². The van der Waals surface area contributed by atoms with Crippen molar-refractivity contribution in [2.75, 3.05) is 5.73 Å². The van der Waals surface area contributed by atoms with Crippen molar-refractivity contribution in [1.29, 1.82) is 0 Å². The Hall–Kier alpha value is -1.54. The van der Waals surface area contributed by atoms with Crippen LogP contribution in [0.4, 0.5) is 10.1 Å². The second kappa shape index (κ2) is 4.76. The van der Waals surface area contributed by atoms with Crippen molar-refractivity contribution in [2.24, 2.45) is 0 Å². The zero-order chi connectivity index (χ0) is 12.4. The monoisotopic (exact) mass is 249 g/mol. The van der Waals surface area contributed by atoms with Gasteiger partial charge in [0, 0.05) is 5.69 Å². The first-order chi connectivity index (χ1) is 8.11. The van der Waals surface area contributed by atoms with E-state index in [4.69, 9.17) is 17.3 Å². The zero-order valence-electron chi connectivity index (χ0n) is 9.50. The summed E-state index contributed by atoms with van der Waals surface area (Å²) in [5, 5.41) is 0.136. The predicted octanol–water partition coefficient (Wildman–Crippen LogP) is 4.29. The number of hydrogen-bond acceptors (Lipinski definition) is 1. The van der Waals surface area contributed by atoms with E-state index < -0.39 is 5.82 Å². The molecular weight excluding hydrogens is 237 g/mol. The van der Waals surface area contributed by atoms with Gasteiger partial charge in [-0.1, -0.05) is 30.7 Å². The molecule has 3 heteroatoms. The third-order valence-electron chi connectivity index (χ3n) is 2.78. The number of benzene rings is 2. The highest BCUT2D eigenvalue weighted by Crippen LogP contribution is 2.27. The molecule has 0 aromatic heterocycles. The number of anilines is 1. The lowest BCUT2D eigenvalue weighted by Gasteiger charge is -2.07. The lowest BCUT2D eigenvalue weighted by atomic mass is 10.0. The van der Waals surface area contributed by atoms with Crippen LogP contribution in [0.1, 0.15) is 12.5 Å².